The Kier molecular flexibility index (Phi) is 5.26. The van der Waals surface area contributed by atoms with Crippen molar-refractivity contribution in [2.75, 3.05) is 5.33 Å². The molecule has 3 heteroatoms. The summed E-state index contributed by atoms with van der Waals surface area (Å²) in [5.74, 6) is -0.273. The number of halogens is 3. The minimum absolute atomic E-state index is 0.191. The molecule has 0 spiro atoms. The van der Waals surface area contributed by atoms with Gasteiger partial charge in [0.15, 0.2) is 0 Å². The van der Waals surface area contributed by atoms with Gasteiger partial charge in [-0.3, -0.25) is 0 Å². The number of alkyl halides is 1. The van der Waals surface area contributed by atoms with Crippen LogP contribution in [0.5, 0.6) is 0 Å². The molecule has 1 aromatic rings. The van der Waals surface area contributed by atoms with Crippen molar-refractivity contribution in [2.45, 2.75) is 33.1 Å². The second-order valence-electron chi connectivity index (χ2n) is 4.61. The van der Waals surface area contributed by atoms with Crippen LogP contribution in [-0.2, 0) is 6.42 Å². The molecular weight excluding hydrogens is 290 g/mol. The third-order valence-corrected chi connectivity index (χ3v) is 4.51. The van der Waals surface area contributed by atoms with E-state index in [1.807, 2.05) is 0 Å². The Morgan fingerprint density at radius 3 is 2.62 bits per heavy atom. The van der Waals surface area contributed by atoms with Crippen LogP contribution >= 0.6 is 27.5 Å². The summed E-state index contributed by atoms with van der Waals surface area (Å²) in [6.07, 6.45) is 3.15. The molecule has 0 heterocycles. The molecule has 90 valence electrons. The lowest BCUT2D eigenvalue weighted by Crippen LogP contribution is -2.21. The van der Waals surface area contributed by atoms with Crippen LogP contribution in [0.3, 0.4) is 0 Å². The van der Waals surface area contributed by atoms with Gasteiger partial charge >= 0.3 is 0 Å². The topological polar surface area (TPSA) is 0 Å². The smallest absolute Gasteiger partial charge is 0.124 e. The first-order valence-electron chi connectivity index (χ1n) is 5.50. The molecule has 0 bridgehead atoms. The van der Waals surface area contributed by atoms with Gasteiger partial charge in [-0.05, 0) is 36.0 Å². The Morgan fingerprint density at radius 1 is 1.44 bits per heavy atom. The maximum atomic E-state index is 12.9. The predicted octanol–water partition coefficient (Wildman–Crippen LogP) is 5.22. The van der Waals surface area contributed by atoms with Gasteiger partial charge in [0.05, 0.1) is 0 Å². The van der Waals surface area contributed by atoms with Crippen LogP contribution in [0.1, 0.15) is 32.3 Å². The molecule has 16 heavy (non-hydrogen) atoms. The summed E-state index contributed by atoms with van der Waals surface area (Å²) in [7, 11) is 0. The van der Waals surface area contributed by atoms with Crippen molar-refractivity contribution < 1.29 is 4.39 Å². The van der Waals surface area contributed by atoms with Crippen LogP contribution in [0.25, 0.3) is 0 Å². The van der Waals surface area contributed by atoms with Crippen LogP contribution in [-0.4, -0.2) is 5.33 Å². The number of benzene rings is 1. The molecular formula is C13H17BrClF. The van der Waals surface area contributed by atoms with E-state index in [4.69, 9.17) is 11.6 Å². The largest absolute Gasteiger partial charge is 0.207 e. The van der Waals surface area contributed by atoms with Crippen molar-refractivity contribution in [2.24, 2.45) is 5.41 Å². The van der Waals surface area contributed by atoms with Crippen LogP contribution < -0.4 is 0 Å². The minimum Gasteiger partial charge on any atom is -0.207 e. The summed E-state index contributed by atoms with van der Waals surface area (Å²) in [5, 5.41) is 1.46. The quantitative estimate of drug-likeness (QED) is 0.654. The highest BCUT2D eigenvalue weighted by Crippen LogP contribution is 2.32. The molecule has 0 radical (unpaired) electrons. The standard InChI is InChI=1S/C13H17BrClF/c1-3-6-13(2,9-14)8-10-4-5-11(16)7-12(10)15/h4-5,7H,3,6,8-9H2,1-2H3. The molecule has 1 rings (SSSR count). The Hall–Kier alpha value is -0.0800. The first kappa shape index (κ1) is 14.0. The molecule has 1 aromatic carbocycles. The summed E-state index contributed by atoms with van der Waals surface area (Å²) in [6.45, 7) is 4.40. The zero-order valence-electron chi connectivity index (χ0n) is 9.69. The fourth-order valence-corrected chi connectivity index (χ4v) is 2.64. The highest BCUT2D eigenvalue weighted by Gasteiger charge is 2.23. The van der Waals surface area contributed by atoms with E-state index < -0.39 is 0 Å². The Labute approximate surface area is 110 Å². The highest BCUT2D eigenvalue weighted by atomic mass is 79.9. The molecule has 1 unspecified atom stereocenters. The Bertz CT molecular complexity index is 354. The average molecular weight is 308 g/mol. The third kappa shape index (κ3) is 3.74. The van der Waals surface area contributed by atoms with Crippen molar-refractivity contribution in [3.05, 3.63) is 34.6 Å². The van der Waals surface area contributed by atoms with Gasteiger partial charge in [-0.2, -0.15) is 0 Å². The lowest BCUT2D eigenvalue weighted by atomic mass is 9.82. The minimum atomic E-state index is -0.273. The van der Waals surface area contributed by atoms with Gasteiger partial charge in [0.25, 0.3) is 0 Å². The van der Waals surface area contributed by atoms with E-state index >= 15 is 0 Å². The molecule has 0 saturated carbocycles. The number of rotatable bonds is 5. The number of hydrogen-bond acceptors (Lipinski definition) is 0. The second-order valence-corrected chi connectivity index (χ2v) is 5.57. The van der Waals surface area contributed by atoms with E-state index in [1.54, 1.807) is 6.07 Å². The molecule has 0 fully saturated rings. The van der Waals surface area contributed by atoms with Crippen LogP contribution in [0, 0.1) is 11.2 Å². The Balaban J connectivity index is 2.85. The summed E-state index contributed by atoms with van der Waals surface area (Å²) < 4.78 is 12.9. The summed E-state index contributed by atoms with van der Waals surface area (Å²) in [5.41, 5.74) is 1.22. The maximum Gasteiger partial charge on any atom is 0.124 e. The van der Waals surface area contributed by atoms with E-state index in [-0.39, 0.29) is 11.2 Å². The predicted molar refractivity (Wildman–Crippen MR) is 71.9 cm³/mol. The van der Waals surface area contributed by atoms with Gasteiger partial charge in [-0.1, -0.05) is 53.9 Å². The molecule has 0 aromatic heterocycles. The average Bonchev–Trinajstić information content (AvgIpc) is 2.23. The summed E-state index contributed by atoms with van der Waals surface area (Å²) in [6, 6.07) is 4.65. The maximum absolute atomic E-state index is 12.9. The SMILES string of the molecule is CCCC(C)(CBr)Cc1ccc(F)cc1Cl. The third-order valence-electron chi connectivity index (χ3n) is 2.81. The van der Waals surface area contributed by atoms with E-state index in [0.29, 0.717) is 5.02 Å². The lowest BCUT2D eigenvalue weighted by molar-refractivity contribution is 0.340. The molecule has 1 atom stereocenters. The van der Waals surface area contributed by atoms with Gasteiger partial charge < -0.3 is 0 Å². The zero-order valence-corrected chi connectivity index (χ0v) is 12.0. The molecule has 0 saturated heterocycles. The van der Waals surface area contributed by atoms with Gasteiger partial charge in [0, 0.05) is 10.4 Å². The Morgan fingerprint density at radius 2 is 2.12 bits per heavy atom. The summed E-state index contributed by atoms with van der Waals surface area (Å²) >= 11 is 9.59. The fraction of sp³-hybridized carbons (Fsp3) is 0.538. The normalized spacial score (nSPS) is 14.8. The van der Waals surface area contributed by atoms with Crippen molar-refractivity contribution >= 4 is 27.5 Å². The van der Waals surface area contributed by atoms with Gasteiger partial charge in [0.2, 0.25) is 0 Å². The van der Waals surface area contributed by atoms with E-state index in [2.05, 4.69) is 29.8 Å². The van der Waals surface area contributed by atoms with Crippen molar-refractivity contribution in [3.63, 3.8) is 0 Å². The first-order chi connectivity index (χ1) is 7.50. The van der Waals surface area contributed by atoms with E-state index in [0.717, 1.165) is 30.2 Å². The van der Waals surface area contributed by atoms with Crippen molar-refractivity contribution in [1.82, 2.24) is 0 Å². The van der Waals surface area contributed by atoms with Crippen LogP contribution in [0.2, 0.25) is 5.02 Å². The van der Waals surface area contributed by atoms with Gasteiger partial charge in [-0.25, -0.2) is 4.39 Å². The van der Waals surface area contributed by atoms with Gasteiger partial charge in [-0.15, -0.1) is 0 Å². The molecule has 0 N–H and O–H groups in total. The van der Waals surface area contributed by atoms with E-state index in [1.165, 1.54) is 12.1 Å². The highest BCUT2D eigenvalue weighted by molar-refractivity contribution is 9.09. The summed E-state index contributed by atoms with van der Waals surface area (Å²) in [4.78, 5) is 0. The molecule has 0 amide bonds. The van der Waals surface area contributed by atoms with Crippen LogP contribution in [0.15, 0.2) is 18.2 Å². The number of hydrogen-bond donors (Lipinski definition) is 0. The molecule has 0 nitrogen and oxygen atoms in total. The van der Waals surface area contributed by atoms with E-state index in [9.17, 15) is 4.39 Å². The monoisotopic (exact) mass is 306 g/mol. The zero-order chi connectivity index (χ0) is 12.2. The van der Waals surface area contributed by atoms with Crippen molar-refractivity contribution in [3.8, 4) is 0 Å². The lowest BCUT2D eigenvalue weighted by Gasteiger charge is -2.27. The molecule has 0 aliphatic carbocycles. The van der Waals surface area contributed by atoms with Crippen molar-refractivity contribution in [1.29, 1.82) is 0 Å². The molecule has 0 aliphatic rings. The first-order valence-corrected chi connectivity index (χ1v) is 7.00. The van der Waals surface area contributed by atoms with Gasteiger partial charge in [0.1, 0.15) is 5.82 Å². The molecule has 0 aliphatic heterocycles. The second kappa shape index (κ2) is 6.02. The fourth-order valence-electron chi connectivity index (χ4n) is 1.93. The van der Waals surface area contributed by atoms with Crippen LogP contribution in [0.4, 0.5) is 4.39 Å².